The van der Waals surface area contributed by atoms with Gasteiger partial charge in [0.25, 0.3) is 0 Å². The lowest BCUT2D eigenvalue weighted by atomic mass is 9.99. The molecule has 0 aliphatic rings. The highest BCUT2D eigenvalue weighted by Gasteiger charge is 2.26. The largest absolute Gasteiger partial charge is 0.307 e. The second kappa shape index (κ2) is 6.80. The fourth-order valence-electron chi connectivity index (χ4n) is 5.79. The molecule has 3 heterocycles. The van der Waals surface area contributed by atoms with Crippen LogP contribution in [0.4, 0.5) is 0 Å². The van der Waals surface area contributed by atoms with Gasteiger partial charge in [-0.1, -0.05) is 69.0 Å². The Hall–Kier alpha value is -2.91. The van der Waals surface area contributed by atoms with E-state index in [-0.39, 0.29) is 0 Å². The molecule has 0 radical (unpaired) electrons. The SMILES string of the molecule is Cc1ccc2c3ccc(CC(C)C)cc3n3c4cc([Si](C)(C)C)cc5cc[n+](C)c(c1c23)c54. The summed E-state index contributed by atoms with van der Waals surface area (Å²) in [5.74, 6) is 0.646. The topological polar surface area (TPSA) is 8.29 Å². The molecule has 0 unspecified atom stereocenters. The molecule has 6 rings (SSSR count). The minimum absolute atomic E-state index is 0.646. The Morgan fingerprint density at radius 1 is 0.879 bits per heavy atom. The van der Waals surface area contributed by atoms with E-state index in [1.165, 1.54) is 65.3 Å². The van der Waals surface area contributed by atoms with E-state index in [0.717, 1.165) is 6.42 Å². The standard InChI is InChI=1S/C30H33N2Si/c1-18(2)14-20-9-11-23-24-10-8-19(3)27-29(24)32(25(23)15-20)26-17-22(33(5,6)7)16-21-12-13-31(4)30(27)28(21)26/h8-13,15-18H,14H2,1-7H3/q+1. The molecule has 0 atom stereocenters. The van der Waals surface area contributed by atoms with Crippen LogP contribution in [0.3, 0.4) is 0 Å². The molecule has 0 aliphatic carbocycles. The second-order valence-corrected chi connectivity index (χ2v) is 16.5. The lowest BCUT2D eigenvalue weighted by molar-refractivity contribution is -0.643. The highest BCUT2D eigenvalue weighted by atomic mass is 28.3. The Morgan fingerprint density at radius 2 is 1.64 bits per heavy atom. The third kappa shape index (κ3) is 2.88. The number of rotatable bonds is 3. The van der Waals surface area contributed by atoms with Crippen molar-refractivity contribution < 1.29 is 4.57 Å². The van der Waals surface area contributed by atoms with Crippen molar-refractivity contribution in [3.8, 4) is 0 Å². The summed E-state index contributed by atoms with van der Waals surface area (Å²) in [7, 11) is 0.706. The molecule has 0 N–H and O–H groups in total. The Morgan fingerprint density at radius 3 is 2.36 bits per heavy atom. The van der Waals surface area contributed by atoms with Crippen molar-refractivity contribution in [1.29, 1.82) is 0 Å². The van der Waals surface area contributed by atoms with Gasteiger partial charge in [-0.2, -0.15) is 0 Å². The number of hydrogen-bond donors (Lipinski definition) is 0. The summed E-state index contributed by atoms with van der Waals surface area (Å²) >= 11 is 0. The normalized spacial score (nSPS) is 13.1. The van der Waals surface area contributed by atoms with Crippen LogP contribution in [-0.2, 0) is 13.5 Å². The number of fused-ring (bicyclic) bond motifs is 5. The number of aromatic nitrogens is 2. The van der Waals surface area contributed by atoms with Gasteiger partial charge in [-0.05, 0) is 47.9 Å². The zero-order valence-corrected chi connectivity index (χ0v) is 21.9. The van der Waals surface area contributed by atoms with Gasteiger partial charge >= 0.3 is 0 Å². The molecule has 0 fully saturated rings. The molecule has 3 heteroatoms. The maximum Gasteiger partial charge on any atom is 0.224 e. The first-order valence-electron chi connectivity index (χ1n) is 12.2. The van der Waals surface area contributed by atoms with E-state index < -0.39 is 8.07 Å². The van der Waals surface area contributed by atoms with Crippen molar-refractivity contribution in [3.05, 3.63) is 65.9 Å². The average Bonchev–Trinajstić information content (AvgIpc) is 3.07. The summed E-state index contributed by atoms with van der Waals surface area (Å²) < 4.78 is 4.92. The first-order valence-corrected chi connectivity index (χ1v) is 15.7. The van der Waals surface area contributed by atoms with Crippen molar-refractivity contribution in [2.24, 2.45) is 13.0 Å². The summed E-state index contributed by atoms with van der Waals surface area (Å²) in [5, 5.41) is 8.38. The molecular weight excluding hydrogens is 416 g/mol. The van der Waals surface area contributed by atoms with E-state index in [2.05, 4.69) is 111 Å². The minimum atomic E-state index is -1.49. The zero-order valence-electron chi connectivity index (χ0n) is 20.9. The van der Waals surface area contributed by atoms with Crippen LogP contribution in [0, 0.1) is 12.8 Å². The first-order chi connectivity index (χ1) is 15.6. The van der Waals surface area contributed by atoms with E-state index in [1.807, 2.05) is 0 Å². The molecule has 0 spiro atoms. The van der Waals surface area contributed by atoms with Gasteiger partial charge in [-0.3, -0.25) is 0 Å². The maximum absolute atomic E-state index is 2.59. The highest BCUT2D eigenvalue weighted by molar-refractivity contribution is 6.89. The summed E-state index contributed by atoms with van der Waals surface area (Å²) in [4.78, 5) is 0. The van der Waals surface area contributed by atoms with Gasteiger partial charge in [0.1, 0.15) is 7.05 Å². The summed E-state index contributed by atoms with van der Waals surface area (Å²) in [6.07, 6.45) is 3.35. The molecule has 0 saturated carbocycles. The van der Waals surface area contributed by atoms with E-state index in [0.29, 0.717) is 5.92 Å². The molecule has 0 bridgehead atoms. The fraction of sp³-hybridized carbons (Fsp3) is 0.300. The third-order valence-corrected chi connectivity index (χ3v) is 9.43. The highest BCUT2D eigenvalue weighted by Crippen LogP contribution is 2.40. The molecule has 2 nitrogen and oxygen atoms in total. The Labute approximate surface area is 196 Å². The van der Waals surface area contributed by atoms with Crippen LogP contribution in [0.1, 0.15) is 25.0 Å². The van der Waals surface area contributed by atoms with Crippen LogP contribution in [0.25, 0.3) is 49.0 Å². The molecule has 0 saturated heterocycles. The lowest BCUT2D eigenvalue weighted by Crippen LogP contribution is -2.38. The molecule has 3 aromatic heterocycles. The number of pyridine rings is 2. The number of hydrogen-bond acceptors (Lipinski definition) is 0. The zero-order chi connectivity index (χ0) is 23.2. The van der Waals surface area contributed by atoms with Crippen LogP contribution in [0.15, 0.2) is 54.7 Å². The monoisotopic (exact) mass is 449 g/mol. The molecule has 3 aromatic carbocycles. The van der Waals surface area contributed by atoms with Crippen molar-refractivity contribution in [2.45, 2.75) is 46.8 Å². The minimum Gasteiger partial charge on any atom is -0.307 e. The van der Waals surface area contributed by atoms with Crippen molar-refractivity contribution >= 4 is 62.3 Å². The third-order valence-electron chi connectivity index (χ3n) is 7.41. The molecular formula is C30H33N2Si+. The number of aryl methyl sites for hydroxylation is 2. The molecule has 33 heavy (non-hydrogen) atoms. The summed E-state index contributed by atoms with van der Waals surface area (Å²) in [5.41, 5.74) is 8.20. The van der Waals surface area contributed by atoms with Gasteiger partial charge < -0.3 is 4.40 Å². The number of benzene rings is 3. The van der Waals surface area contributed by atoms with Gasteiger partial charge in [0.2, 0.25) is 5.52 Å². The van der Waals surface area contributed by atoms with Gasteiger partial charge in [-0.15, -0.1) is 0 Å². The Bertz CT molecular complexity index is 1710. The van der Waals surface area contributed by atoms with Gasteiger partial charge in [0, 0.05) is 16.8 Å². The molecule has 0 aliphatic heterocycles. The number of nitrogens with zero attached hydrogens (tertiary/aromatic N) is 2. The van der Waals surface area contributed by atoms with Gasteiger partial charge in [0.15, 0.2) is 6.20 Å². The average molecular weight is 450 g/mol. The molecule has 6 aromatic rings. The van der Waals surface area contributed by atoms with Gasteiger partial charge in [-0.25, -0.2) is 4.57 Å². The molecule has 0 amide bonds. The van der Waals surface area contributed by atoms with E-state index in [1.54, 1.807) is 0 Å². The predicted molar refractivity (Wildman–Crippen MR) is 146 cm³/mol. The second-order valence-electron chi connectivity index (χ2n) is 11.4. The van der Waals surface area contributed by atoms with Crippen molar-refractivity contribution in [3.63, 3.8) is 0 Å². The smallest absolute Gasteiger partial charge is 0.224 e. The first kappa shape index (κ1) is 20.7. The molecule has 166 valence electrons. The Kier molecular flexibility index (Phi) is 4.26. The summed E-state index contributed by atoms with van der Waals surface area (Å²) in [6, 6.07) is 19.1. The van der Waals surface area contributed by atoms with Crippen LogP contribution < -0.4 is 9.75 Å². The summed E-state index contributed by atoms with van der Waals surface area (Å²) in [6.45, 7) is 14.2. The van der Waals surface area contributed by atoms with E-state index >= 15 is 0 Å². The van der Waals surface area contributed by atoms with E-state index in [4.69, 9.17) is 0 Å². The van der Waals surface area contributed by atoms with E-state index in [9.17, 15) is 0 Å². The van der Waals surface area contributed by atoms with Crippen LogP contribution >= 0.6 is 0 Å². The van der Waals surface area contributed by atoms with Crippen LogP contribution in [0.2, 0.25) is 19.6 Å². The quantitative estimate of drug-likeness (QED) is 0.121. The van der Waals surface area contributed by atoms with Crippen molar-refractivity contribution in [1.82, 2.24) is 4.40 Å². The van der Waals surface area contributed by atoms with Crippen molar-refractivity contribution in [2.75, 3.05) is 0 Å². The van der Waals surface area contributed by atoms with Gasteiger partial charge in [0.05, 0.1) is 35.4 Å². The maximum atomic E-state index is 2.59. The lowest BCUT2D eigenvalue weighted by Gasteiger charge is -2.20. The Balaban J connectivity index is 1.96. The van der Waals surface area contributed by atoms with Crippen LogP contribution in [0.5, 0.6) is 0 Å². The fourth-order valence-corrected chi connectivity index (χ4v) is 6.95. The predicted octanol–water partition coefficient (Wildman–Crippen LogP) is 6.87. The van der Waals surface area contributed by atoms with Crippen LogP contribution in [-0.4, -0.2) is 12.5 Å².